The van der Waals surface area contributed by atoms with Gasteiger partial charge in [0.2, 0.25) is 0 Å². The van der Waals surface area contributed by atoms with Gasteiger partial charge >= 0.3 is 0 Å². The molecule has 1 heterocycles. The summed E-state index contributed by atoms with van der Waals surface area (Å²) in [6.07, 6.45) is 0. The summed E-state index contributed by atoms with van der Waals surface area (Å²) in [5, 5.41) is 3.08. The van der Waals surface area contributed by atoms with Gasteiger partial charge in [0.25, 0.3) is 0 Å². The number of rotatable bonds is 2. The van der Waals surface area contributed by atoms with Gasteiger partial charge in [0.1, 0.15) is 5.01 Å². The standard InChI is InChI=1S/C15H12N2S/c16-13-8-4-7-12(9-13)15-17-14(10-18-15)11-5-2-1-3-6-11/h1-10H,16H2. The van der Waals surface area contributed by atoms with E-state index in [1.165, 1.54) is 0 Å². The van der Waals surface area contributed by atoms with Crippen molar-refractivity contribution < 1.29 is 0 Å². The van der Waals surface area contributed by atoms with Crippen molar-refractivity contribution in [2.24, 2.45) is 0 Å². The zero-order chi connectivity index (χ0) is 12.4. The maximum absolute atomic E-state index is 5.79. The van der Waals surface area contributed by atoms with Crippen molar-refractivity contribution in [2.75, 3.05) is 5.73 Å². The Bertz CT molecular complexity index is 659. The minimum absolute atomic E-state index is 0.768. The molecule has 0 aliphatic rings. The van der Waals surface area contributed by atoms with E-state index in [2.05, 4.69) is 22.5 Å². The lowest BCUT2D eigenvalue weighted by Crippen LogP contribution is -1.84. The number of nitrogens with zero attached hydrogens (tertiary/aromatic N) is 1. The first kappa shape index (κ1) is 11.0. The molecule has 0 bridgehead atoms. The highest BCUT2D eigenvalue weighted by atomic mass is 32.1. The number of hydrogen-bond donors (Lipinski definition) is 1. The molecule has 0 radical (unpaired) electrons. The van der Waals surface area contributed by atoms with Crippen molar-refractivity contribution in [3.63, 3.8) is 0 Å². The monoisotopic (exact) mass is 252 g/mol. The van der Waals surface area contributed by atoms with E-state index in [0.29, 0.717) is 0 Å². The van der Waals surface area contributed by atoms with Crippen LogP contribution in [0.4, 0.5) is 5.69 Å². The number of benzene rings is 2. The number of anilines is 1. The Balaban J connectivity index is 2.00. The fourth-order valence-electron chi connectivity index (χ4n) is 1.82. The van der Waals surface area contributed by atoms with Crippen LogP contribution in [0.1, 0.15) is 0 Å². The lowest BCUT2D eigenvalue weighted by molar-refractivity contribution is 1.40. The molecule has 0 saturated heterocycles. The predicted octanol–water partition coefficient (Wildman–Crippen LogP) is 4.06. The average Bonchev–Trinajstić information content (AvgIpc) is 2.89. The third-order valence-corrected chi connectivity index (χ3v) is 3.60. The molecule has 0 spiro atoms. The molecule has 3 aromatic rings. The molecule has 0 aliphatic carbocycles. The van der Waals surface area contributed by atoms with Gasteiger partial charge in [-0.1, -0.05) is 42.5 Å². The van der Waals surface area contributed by atoms with E-state index in [1.54, 1.807) is 11.3 Å². The normalized spacial score (nSPS) is 10.4. The fraction of sp³-hybridized carbons (Fsp3) is 0. The first-order valence-corrected chi connectivity index (χ1v) is 6.58. The molecular formula is C15H12N2S. The third-order valence-electron chi connectivity index (χ3n) is 2.71. The zero-order valence-electron chi connectivity index (χ0n) is 9.71. The van der Waals surface area contributed by atoms with Crippen LogP contribution in [0.15, 0.2) is 60.0 Å². The Morgan fingerprint density at radius 2 is 1.67 bits per heavy atom. The second-order valence-corrected chi connectivity index (χ2v) is 4.89. The average molecular weight is 252 g/mol. The molecule has 2 nitrogen and oxygen atoms in total. The van der Waals surface area contributed by atoms with Gasteiger partial charge in [0.05, 0.1) is 5.69 Å². The molecule has 0 atom stereocenters. The van der Waals surface area contributed by atoms with E-state index in [0.717, 1.165) is 27.5 Å². The first-order chi connectivity index (χ1) is 8.83. The van der Waals surface area contributed by atoms with Crippen LogP contribution in [0.3, 0.4) is 0 Å². The van der Waals surface area contributed by atoms with Crippen LogP contribution in [0.25, 0.3) is 21.8 Å². The molecule has 0 aliphatic heterocycles. The van der Waals surface area contributed by atoms with E-state index in [-0.39, 0.29) is 0 Å². The highest BCUT2D eigenvalue weighted by Gasteiger charge is 2.06. The molecule has 18 heavy (non-hydrogen) atoms. The molecule has 1 aromatic heterocycles. The van der Waals surface area contributed by atoms with Crippen LogP contribution in [0.5, 0.6) is 0 Å². The van der Waals surface area contributed by atoms with E-state index < -0.39 is 0 Å². The van der Waals surface area contributed by atoms with Crippen molar-refractivity contribution >= 4 is 17.0 Å². The molecule has 3 rings (SSSR count). The van der Waals surface area contributed by atoms with Gasteiger partial charge in [-0.25, -0.2) is 4.98 Å². The smallest absolute Gasteiger partial charge is 0.124 e. The Labute approximate surface area is 110 Å². The summed E-state index contributed by atoms with van der Waals surface area (Å²) in [5.41, 5.74) is 9.78. The van der Waals surface area contributed by atoms with Gasteiger partial charge in [0, 0.05) is 22.2 Å². The molecular weight excluding hydrogens is 240 g/mol. The predicted molar refractivity (Wildman–Crippen MR) is 77.4 cm³/mol. The molecule has 2 aromatic carbocycles. The second-order valence-electron chi connectivity index (χ2n) is 4.03. The number of nitrogen functional groups attached to an aromatic ring is 1. The highest BCUT2D eigenvalue weighted by Crippen LogP contribution is 2.29. The van der Waals surface area contributed by atoms with E-state index >= 15 is 0 Å². The maximum Gasteiger partial charge on any atom is 0.124 e. The van der Waals surface area contributed by atoms with Gasteiger partial charge in [-0.15, -0.1) is 11.3 Å². The summed E-state index contributed by atoms with van der Waals surface area (Å²) in [4.78, 5) is 4.65. The molecule has 0 unspecified atom stereocenters. The van der Waals surface area contributed by atoms with Gasteiger partial charge in [-0.3, -0.25) is 0 Å². The third kappa shape index (κ3) is 2.13. The summed E-state index contributed by atoms with van der Waals surface area (Å²) in [6.45, 7) is 0. The molecule has 2 N–H and O–H groups in total. The molecule has 88 valence electrons. The Morgan fingerprint density at radius 1 is 0.889 bits per heavy atom. The Kier molecular flexibility index (Phi) is 2.82. The van der Waals surface area contributed by atoms with E-state index in [4.69, 9.17) is 5.73 Å². The summed E-state index contributed by atoms with van der Waals surface area (Å²) in [5.74, 6) is 0. The van der Waals surface area contributed by atoms with E-state index in [1.807, 2.05) is 42.5 Å². The zero-order valence-corrected chi connectivity index (χ0v) is 10.5. The topological polar surface area (TPSA) is 38.9 Å². The van der Waals surface area contributed by atoms with Crippen LogP contribution < -0.4 is 5.73 Å². The summed E-state index contributed by atoms with van der Waals surface area (Å²) >= 11 is 1.64. The van der Waals surface area contributed by atoms with Gasteiger partial charge in [0.15, 0.2) is 0 Å². The maximum atomic E-state index is 5.79. The number of aromatic nitrogens is 1. The lowest BCUT2D eigenvalue weighted by Gasteiger charge is -1.98. The van der Waals surface area contributed by atoms with Crippen molar-refractivity contribution in [1.29, 1.82) is 0 Å². The van der Waals surface area contributed by atoms with Crippen LogP contribution >= 0.6 is 11.3 Å². The number of thiazole rings is 1. The first-order valence-electron chi connectivity index (χ1n) is 5.70. The van der Waals surface area contributed by atoms with Gasteiger partial charge in [-0.2, -0.15) is 0 Å². The van der Waals surface area contributed by atoms with Crippen LogP contribution in [-0.4, -0.2) is 4.98 Å². The SMILES string of the molecule is Nc1cccc(-c2nc(-c3ccccc3)cs2)c1. The van der Waals surface area contributed by atoms with Crippen molar-refractivity contribution in [1.82, 2.24) is 4.98 Å². The summed E-state index contributed by atoms with van der Waals surface area (Å²) < 4.78 is 0. The Hall–Kier alpha value is -2.13. The summed E-state index contributed by atoms with van der Waals surface area (Å²) in [7, 11) is 0. The minimum Gasteiger partial charge on any atom is -0.399 e. The Morgan fingerprint density at radius 3 is 2.44 bits per heavy atom. The van der Waals surface area contributed by atoms with Crippen molar-refractivity contribution in [2.45, 2.75) is 0 Å². The summed E-state index contributed by atoms with van der Waals surface area (Å²) in [6, 6.07) is 18.0. The van der Waals surface area contributed by atoms with Crippen LogP contribution in [0.2, 0.25) is 0 Å². The quantitative estimate of drug-likeness (QED) is 0.698. The fourth-order valence-corrected chi connectivity index (χ4v) is 2.65. The van der Waals surface area contributed by atoms with Gasteiger partial charge in [-0.05, 0) is 12.1 Å². The number of nitrogens with two attached hydrogens (primary N) is 1. The van der Waals surface area contributed by atoms with Crippen molar-refractivity contribution in [3.05, 3.63) is 60.0 Å². The molecule has 0 saturated carbocycles. The van der Waals surface area contributed by atoms with Crippen molar-refractivity contribution in [3.8, 4) is 21.8 Å². The van der Waals surface area contributed by atoms with E-state index in [9.17, 15) is 0 Å². The number of hydrogen-bond acceptors (Lipinski definition) is 3. The molecule has 3 heteroatoms. The molecule has 0 amide bonds. The van der Waals surface area contributed by atoms with Crippen LogP contribution in [-0.2, 0) is 0 Å². The largest absolute Gasteiger partial charge is 0.399 e. The molecule has 0 fully saturated rings. The van der Waals surface area contributed by atoms with Crippen LogP contribution in [0, 0.1) is 0 Å². The highest BCUT2D eigenvalue weighted by molar-refractivity contribution is 7.13. The second kappa shape index (κ2) is 4.63. The van der Waals surface area contributed by atoms with Gasteiger partial charge < -0.3 is 5.73 Å². The lowest BCUT2D eigenvalue weighted by atomic mass is 10.2. The minimum atomic E-state index is 0.768.